The minimum absolute atomic E-state index is 1.04. The van der Waals surface area contributed by atoms with E-state index >= 15 is 0 Å². The molecule has 1 aliphatic rings. The smallest absolute Gasteiger partial charge is 0.0464 e. The summed E-state index contributed by atoms with van der Waals surface area (Å²) in [6, 6.07) is 38.8. The lowest BCUT2D eigenvalue weighted by atomic mass is 10.0. The van der Waals surface area contributed by atoms with Crippen LogP contribution >= 0.6 is 0 Å². The van der Waals surface area contributed by atoms with Crippen LogP contribution in [0.2, 0.25) is 0 Å². The molecule has 0 radical (unpaired) electrons. The number of allylic oxidation sites excluding steroid dienone is 4. The van der Waals surface area contributed by atoms with Gasteiger partial charge in [-0.2, -0.15) is 0 Å². The first kappa shape index (κ1) is 21.8. The molecule has 5 rings (SSSR count). The Hall–Kier alpha value is -4.04. The maximum absolute atomic E-state index is 2.39. The van der Waals surface area contributed by atoms with Crippen LogP contribution in [0.3, 0.4) is 0 Å². The van der Waals surface area contributed by atoms with Crippen molar-refractivity contribution in [3.63, 3.8) is 0 Å². The first-order valence-electron chi connectivity index (χ1n) is 11.9. The van der Waals surface area contributed by atoms with Crippen molar-refractivity contribution in [3.05, 3.63) is 138 Å². The van der Waals surface area contributed by atoms with E-state index in [0.29, 0.717) is 0 Å². The third kappa shape index (κ3) is 4.67. The first-order valence-corrected chi connectivity index (χ1v) is 11.9. The lowest BCUT2D eigenvalue weighted by molar-refractivity contribution is 0.905. The van der Waals surface area contributed by atoms with Crippen LogP contribution < -0.4 is 9.80 Å². The summed E-state index contributed by atoms with van der Waals surface area (Å²) in [4.78, 5) is 4.70. The molecule has 0 aliphatic heterocycles. The van der Waals surface area contributed by atoms with E-state index in [-0.39, 0.29) is 0 Å². The number of rotatable bonds is 6. The third-order valence-electron chi connectivity index (χ3n) is 6.20. The maximum Gasteiger partial charge on any atom is 0.0464 e. The van der Waals surface area contributed by atoms with Crippen molar-refractivity contribution in [2.45, 2.75) is 26.7 Å². The van der Waals surface area contributed by atoms with Gasteiger partial charge in [-0.3, -0.25) is 0 Å². The van der Waals surface area contributed by atoms with Gasteiger partial charge in [0.15, 0.2) is 0 Å². The van der Waals surface area contributed by atoms with Gasteiger partial charge in [-0.15, -0.1) is 0 Å². The SMILES string of the molecule is CC1=CCCC(N(c2ccccc2)c2ccc(N(c3ccccc3)c3cccc(C)c3)cc2)=C1. The summed E-state index contributed by atoms with van der Waals surface area (Å²) in [7, 11) is 0. The van der Waals surface area contributed by atoms with Gasteiger partial charge < -0.3 is 9.80 Å². The molecule has 0 amide bonds. The molecule has 0 saturated heterocycles. The van der Waals surface area contributed by atoms with Crippen LogP contribution in [0, 0.1) is 6.92 Å². The quantitative estimate of drug-likeness (QED) is 0.293. The van der Waals surface area contributed by atoms with Crippen LogP contribution in [0.15, 0.2) is 133 Å². The second-order valence-electron chi connectivity index (χ2n) is 8.82. The maximum atomic E-state index is 2.39. The van der Waals surface area contributed by atoms with Crippen LogP contribution in [0.25, 0.3) is 0 Å². The van der Waals surface area contributed by atoms with Gasteiger partial charge in [0.05, 0.1) is 0 Å². The van der Waals surface area contributed by atoms with E-state index in [1.54, 1.807) is 0 Å². The molecule has 0 spiro atoms. The van der Waals surface area contributed by atoms with Crippen molar-refractivity contribution < 1.29 is 0 Å². The molecule has 2 nitrogen and oxygen atoms in total. The predicted octanol–water partition coefficient (Wildman–Crippen LogP) is 9.23. The van der Waals surface area contributed by atoms with Gasteiger partial charge in [0, 0.05) is 34.1 Å². The van der Waals surface area contributed by atoms with Gasteiger partial charge in [-0.05, 0) is 99.0 Å². The molecule has 1 aliphatic carbocycles. The number of nitrogens with zero attached hydrogens (tertiary/aromatic N) is 2. The Balaban J connectivity index is 1.57. The lowest BCUT2D eigenvalue weighted by Crippen LogP contribution is -2.18. The van der Waals surface area contributed by atoms with Crippen molar-refractivity contribution in [2.24, 2.45) is 0 Å². The Bertz CT molecular complexity index is 1300. The average molecular weight is 443 g/mol. The summed E-state index contributed by atoms with van der Waals surface area (Å²) in [6.45, 7) is 4.33. The molecule has 0 unspecified atom stereocenters. The average Bonchev–Trinajstić information content (AvgIpc) is 2.87. The normalized spacial score (nSPS) is 13.1. The highest BCUT2D eigenvalue weighted by molar-refractivity contribution is 5.79. The van der Waals surface area contributed by atoms with Crippen molar-refractivity contribution in [2.75, 3.05) is 9.80 Å². The van der Waals surface area contributed by atoms with Crippen LogP contribution in [-0.4, -0.2) is 0 Å². The van der Waals surface area contributed by atoms with Crippen molar-refractivity contribution in [3.8, 4) is 0 Å². The molecule has 0 atom stereocenters. The summed E-state index contributed by atoms with van der Waals surface area (Å²) in [5.74, 6) is 0. The number of hydrogen-bond acceptors (Lipinski definition) is 2. The molecule has 34 heavy (non-hydrogen) atoms. The van der Waals surface area contributed by atoms with Gasteiger partial charge in [0.2, 0.25) is 0 Å². The van der Waals surface area contributed by atoms with E-state index in [4.69, 9.17) is 0 Å². The first-order chi connectivity index (χ1) is 16.7. The van der Waals surface area contributed by atoms with Crippen LogP contribution in [-0.2, 0) is 0 Å². The second-order valence-corrected chi connectivity index (χ2v) is 8.82. The zero-order chi connectivity index (χ0) is 23.3. The van der Waals surface area contributed by atoms with Gasteiger partial charge >= 0.3 is 0 Å². The lowest BCUT2D eigenvalue weighted by Gasteiger charge is -2.31. The number of anilines is 5. The molecule has 2 heteroatoms. The van der Waals surface area contributed by atoms with Crippen molar-refractivity contribution in [1.82, 2.24) is 0 Å². The summed E-state index contributed by atoms with van der Waals surface area (Å²) >= 11 is 0. The highest BCUT2D eigenvalue weighted by atomic mass is 15.2. The molecule has 0 fully saturated rings. The van der Waals surface area contributed by atoms with Crippen molar-refractivity contribution >= 4 is 28.4 Å². The van der Waals surface area contributed by atoms with Crippen LogP contribution in [0.1, 0.15) is 25.3 Å². The number of aryl methyl sites for hydroxylation is 1. The van der Waals surface area contributed by atoms with E-state index in [0.717, 1.165) is 29.9 Å². The molecule has 0 heterocycles. The Morgan fingerprint density at radius 1 is 0.529 bits per heavy atom. The molecule has 0 saturated carbocycles. The van der Waals surface area contributed by atoms with E-state index in [2.05, 4.69) is 145 Å². The minimum Gasteiger partial charge on any atom is -0.314 e. The molecule has 4 aromatic rings. The van der Waals surface area contributed by atoms with E-state index in [1.807, 2.05) is 0 Å². The molecule has 0 N–H and O–H groups in total. The third-order valence-corrected chi connectivity index (χ3v) is 6.20. The van der Waals surface area contributed by atoms with E-state index in [1.165, 1.54) is 28.2 Å². The minimum atomic E-state index is 1.04. The second kappa shape index (κ2) is 9.84. The molecule has 168 valence electrons. The highest BCUT2D eigenvalue weighted by Crippen LogP contribution is 2.38. The Labute approximate surface area is 203 Å². The number of benzene rings is 4. The molecular weight excluding hydrogens is 412 g/mol. The summed E-state index contributed by atoms with van der Waals surface area (Å²) in [5, 5.41) is 0. The molecule has 0 bridgehead atoms. The zero-order valence-corrected chi connectivity index (χ0v) is 19.9. The molecule has 0 aromatic heterocycles. The van der Waals surface area contributed by atoms with Gasteiger partial charge in [0.1, 0.15) is 0 Å². The van der Waals surface area contributed by atoms with Crippen molar-refractivity contribution in [1.29, 1.82) is 0 Å². The summed E-state index contributed by atoms with van der Waals surface area (Å²) < 4.78 is 0. The number of hydrogen-bond donors (Lipinski definition) is 0. The Morgan fingerprint density at radius 2 is 1.06 bits per heavy atom. The Kier molecular flexibility index (Phi) is 6.31. The summed E-state index contributed by atoms with van der Waals surface area (Å²) in [6.07, 6.45) is 6.74. The van der Waals surface area contributed by atoms with Crippen LogP contribution in [0.4, 0.5) is 28.4 Å². The van der Waals surface area contributed by atoms with Gasteiger partial charge in [-0.25, -0.2) is 0 Å². The van der Waals surface area contributed by atoms with Crippen LogP contribution in [0.5, 0.6) is 0 Å². The van der Waals surface area contributed by atoms with E-state index < -0.39 is 0 Å². The standard InChI is InChI=1S/C32H30N2/c1-25-11-9-17-31(23-25)33(27-13-5-3-6-14-27)29-19-21-30(22-20-29)34(28-15-7-4-8-16-28)32-18-10-12-26(2)24-32/h3-9,11-17,19-24H,10,18H2,1-2H3. The monoisotopic (exact) mass is 442 g/mol. The fourth-order valence-electron chi connectivity index (χ4n) is 4.62. The fourth-order valence-corrected chi connectivity index (χ4v) is 4.62. The fraction of sp³-hybridized carbons (Fsp3) is 0.125. The highest BCUT2D eigenvalue weighted by Gasteiger charge is 2.18. The van der Waals surface area contributed by atoms with Gasteiger partial charge in [0.25, 0.3) is 0 Å². The largest absolute Gasteiger partial charge is 0.314 e. The predicted molar refractivity (Wildman–Crippen MR) is 146 cm³/mol. The van der Waals surface area contributed by atoms with Gasteiger partial charge in [-0.1, -0.05) is 60.2 Å². The summed E-state index contributed by atoms with van der Waals surface area (Å²) in [5.41, 5.74) is 9.72. The Morgan fingerprint density at radius 3 is 1.65 bits per heavy atom. The topological polar surface area (TPSA) is 6.48 Å². The molecule has 4 aromatic carbocycles. The molecular formula is C32H30N2. The number of para-hydroxylation sites is 2. The van der Waals surface area contributed by atoms with E-state index in [9.17, 15) is 0 Å². The zero-order valence-electron chi connectivity index (χ0n) is 19.9.